The highest BCUT2D eigenvalue weighted by atomic mass is 35.5. The first-order valence-corrected chi connectivity index (χ1v) is 9.25. The zero-order valence-electron chi connectivity index (χ0n) is 13.4. The lowest BCUT2D eigenvalue weighted by Crippen LogP contribution is -2.43. The summed E-state index contributed by atoms with van der Waals surface area (Å²) in [5, 5.41) is 15.0. The highest BCUT2D eigenvalue weighted by molar-refractivity contribution is 7.17. The molecule has 3 heterocycles. The van der Waals surface area contributed by atoms with Crippen LogP contribution in [-0.2, 0) is 5.60 Å². The molecular weight excluding hydrogens is 342 g/mol. The topological polar surface area (TPSA) is 49.2 Å². The van der Waals surface area contributed by atoms with Crippen molar-refractivity contribution in [2.24, 2.45) is 0 Å². The van der Waals surface area contributed by atoms with Crippen molar-refractivity contribution in [3.63, 3.8) is 0 Å². The molecule has 1 aliphatic rings. The van der Waals surface area contributed by atoms with Crippen molar-refractivity contribution in [1.29, 1.82) is 0 Å². The van der Waals surface area contributed by atoms with Crippen LogP contribution in [0.2, 0.25) is 5.02 Å². The number of anilines is 1. The van der Waals surface area contributed by atoms with Crippen molar-refractivity contribution < 1.29 is 5.11 Å². The minimum atomic E-state index is -0.795. The Bertz CT molecular complexity index is 870. The molecule has 1 saturated heterocycles. The van der Waals surface area contributed by atoms with Gasteiger partial charge in [-0.1, -0.05) is 23.7 Å². The summed E-state index contributed by atoms with van der Waals surface area (Å²) in [6, 6.07) is 7.52. The highest BCUT2D eigenvalue weighted by Gasteiger charge is 2.34. The summed E-state index contributed by atoms with van der Waals surface area (Å²) >= 11 is 7.61. The number of aryl methyl sites for hydroxylation is 1. The molecule has 0 amide bonds. The lowest BCUT2D eigenvalue weighted by molar-refractivity contribution is 0.0117. The average Bonchev–Trinajstić information content (AvgIpc) is 2.98. The number of benzene rings is 1. The Labute approximate surface area is 149 Å². The van der Waals surface area contributed by atoms with E-state index in [2.05, 4.69) is 27.2 Å². The maximum Gasteiger partial charge on any atom is 0.141 e. The molecule has 6 heteroatoms. The Balaban J connectivity index is 1.59. The van der Waals surface area contributed by atoms with Gasteiger partial charge in [0, 0.05) is 18.1 Å². The van der Waals surface area contributed by atoms with Crippen molar-refractivity contribution in [2.75, 3.05) is 18.0 Å². The number of hydrogen-bond donors (Lipinski definition) is 1. The van der Waals surface area contributed by atoms with Crippen LogP contribution in [0.25, 0.3) is 10.2 Å². The SMILES string of the molecule is Cc1csc2ncnc(N3CCC(O)(c4ccc(Cl)cc4)CC3)c12. The lowest BCUT2D eigenvalue weighted by Gasteiger charge is -2.39. The van der Waals surface area contributed by atoms with Crippen LogP contribution in [0.5, 0.6) is 0 Å². The van der Waals surface area contributed by atoms with Gasteiger partial charge in [0.15, 0.2) is 0 Å². The van der Waals surface area contributed by atoms with Gasteiger partial charge < -0.3 is 10.0 Å². The van der Waals surface area contributed by atoms with E-state index >= 15 is 0 Å². The third-order valence-electron chi connectivity index (χ3n) is 4.81. The number of hydrogen-bond acceptors (Lipinski definition) is 5. The quantitative estimate of drug-likeness (QED) is 0.747. The van der Waals surface area contributed by atoms with Crippen LogP contribution in [0.1, 0.15) is 24.0 Å². The predicted octanol–water partition coefficient (Wildman–Crippen LogP) is 4.14. The predicted molar refractivity (Wildman–Crippen MR) is 98.9 cm³/mol. The maximum atomic E-state index is 11.0. The number of thiophene rings is 1. The summed E-state index contributed by atoms with van der Waals surface area (Å²) in [4.78, 5) is 12.2. The van der Waals surface area contributed by atoms with Crippen molar-refractivity contribution in [3.05, 3.63) is 52.1 Å². The van der Waals surface area contributed by atoms with Crippen LogP contribution in [-0.4, -0.2) is 28.2 Å². The third-order valence-corrected chi connectivity index (χ3v) is 6.06. The molecule has 0 unspecified atom stereocenters. The molecule has 3 aromatic rings. The van der Waals surface area contributed by atoms with Gasteiger partial charge >= 0.3 is 0 Å². The van der Waals surface area contributed by atoms with Gasteiger partial charge in [0.05, 0.1) is 11.0 Å². The number of fused-ring (bicyclic) bond motifs is 1. The molecule has 2 aromatic heterocycles. The first-order chi connectivity index (χ1) is 11.6. The van der Waals surface area contributed by atoms with Gasteiger partial charge in [0.2, 0.25) is 0 Å². The van der Waals surface area contributed by atoms with E-state index in [9.17, 15) is 5.11 Å². The summed E-state index contributed by atoms with van der Waals surface area (Å²) in [7, 11) is 0. The Kier molecular flexibility index (Phi) is 3.95. The monoisotopic (exact) mass is 359 g/mol. The van der Waals surface area contributed by atoms with Crippen molar-refractivity contribution in [2.45, 2.75) is 25.4 Å². The minimum absolute atomic E-state index is 0.670. The van der Waals surface area contributed by atoms with E-state index in [0.29, 0.717) is 17.9 Å². The Morgan fingerprint density at radius 3 is 2.58 bits per heavy atom. The fraction of sp³-hybridized carbons (Fsp3) is 0.333. The maximum absolute atomic E-state index is 11.0. The molecule has 1 fully saturated rings. The molecule has 1 aliphatic heterocycles. The molecule has 4 rings (SSSR count). The van der Waals surface area contributed by atoms with Crippen LogP contribution < -0.4 is 4.90 Å². The largest absolute Gasteiger partial charge is 0.385 e. The summed E-state index contributed by atoms with van der Waals surface area (Å²) < 4.78 is 0. The molecule has 124 valence electrons. The fourth-order valence-corrected chi connectivity index (χ4v) is 4.39. The Morgan fingerprint density at radius 2 is 1.88 bits per heavy atom. The standard InChI is InChI=1S/C18H18ClN3OS/c1-12-10-24-17-15(12)16(20-11-21-17)22-8-6-18(23,7-9-22)13-2-4-14(19)5-3-13/h2-5,10-11,23H,6-9H2,1H3. The molecule has 0 aliphatic carbocycles. The van der Waals surface area contributed by atoms with Crippen LogP contribution in [0.3, 0.4) is 0 Å². The molecule has 0 spiro atoms. The van der Waals surface area contributed by atoms with Crippen molar-refractivity contribution in [1.82, 2.24) is 9.97 Å². The Hall–Kier alpha value is -1.69. The molecule has 1 N–H and O–H groups in total. The summed E-state index contributed by atoms with van der Waals surface area (Å²) in [5.74, 6) is 0.983. The van der Waals surface area contributed by atoms with E-state index in [1.807, 2.05) is 24.3 Å². The number of rotatable bonds is 2. The number of nitrogens with zero attached hydrogens (tertiary/aromatic N) is 3. The first kappa shape index (κ1) is 15.8. The van der Waals surface area contributed by atoms with Crippen molar-refractivity contribution in [3.8, 4) is 0 Å². The van der Waals surface area contributed by atoms with Gasteiger partial charge in [0.25, 0.3) is 0 Å². The molecule has 0 saturated carbocycles. The first-order valence-electron chi connectivity index (χ1n) is 7.99. The van der Waals surface area contributed by atoms with E-state index in [1.54, 1.807) is 17.7 Å². The number of piperidine rings is 1. The fourth-order valence-electron chi connectivity index (χ4n) is 3.38. The second-order valence-electron chi connectivity index (χ2n) is 6.32. The van der Waals surface area contributed by atoms with E-state index in [4.69, 9.17) is 11.6 Å². The molecule has 24 heavy (non-hydrogen) atoms. The van der Waals surface area contributed by atoms with Gasteiger partial charge in [-0.15, -0.1) is 11.3 Å². The van der Waals surface area contributed by atoms with Gasteiger partial charge in [-0.25, -0.2) is 9.97 Å². The highest BCUT2D eigenvalue weighted by Crippen LogP contribution is 2.37. The van der Waals surface area contributed by atoms with E-state index in [0.717, 1.165) is 34.7 Å². The lowest BCUT2D eigenvalue weighted by atomic mass is 9.84. The van der Waals surface area contributed by atoms with Crippen LogP contribution in [0, 0.1) is 6.92 Å². The Morgan fingerprint density at radius 1 is 1.17 bits per heavy atom. The summed E-state index contributed by atoms with van der Waals surface area (Å²) in [5.41, 5.74) is 1.35. The number of halogens is 1. The van der Waals surface area contributed by atoms with E-state index < -0.39 is 5.60 Å². The molecule has 4 nitrogen and oxygen atoms in total. The number of aliphatic hydroxyl groups is 1. The van der Waals surface area contributed by atoms with Gasteiger partial charge in [-0.05, 0) is 48.4 Å². The molecule has 0 atom stereocenters. The summed E-state index contributed by atoms with van der Waals surface area (Å²) in [6.45, 7) is 3.63. The smallest absolute Gasteiger partial charge is 0.141 e. The van der Waals surface area contributed by atoms with Crippen molar-refractivity contribution >= 4 is 39.0 Å². The normalized spacial score (nSPS) is 17.4. The van der Waals surface area contributed by atoms with Gasteiger partial charge in [-0.3, -0.25) is 0 Å². The molecule has 1 aromatic carbocycles. The van der Waals surface area contributed by atoms with Crippen LogP contribution >= 0.6 is 22.9 Å². The van der Waals surface area contributed by atoms with Crippen LogP contribution in [0.4, 0.5) is 5.82 Å². The number of aromatic nitrogens is 2. The molecule has 0 radical (unpaired) electrons. The van der Waals surface area contributed by atoms with E-state index in [1.165, 1.54) is 5.56 Å². The van der Waals surface area contributed by atoms with Gasteiger partial charge in [0.1, 0.15) is 17.0 Å². The average molecular weight is 360 g/mol. The zero-order valence-corrected chi connectivity index (χ0v) is 14.9. The zero-order chi connectivity index (χ0) is 16.7. The second-order valence-corrected chi connectivity index (χ2v) is 7.62. The van der Waals surface area contributed by atoms with Crippen LogP contribution in [0.15, 0.2) is 36.0 Å². The summed E-state index contributed by atoms with van der Waals surface area (Å²) in [6.07, 6.45) is 2.97. The minimum Gasteiger partial charge on any atom is -0.385 e. The molecule has 0 bridgehead atoms. The third kappa shape index (κ3) is 2.66. The second kappa shape index (κ2) is 5.99. The van der Waals surface area contributed by atoms with Gasteiger partial charge in [-0.2, -0.15) is 0 Å². The molecular formula is C18H18ClN3OS. The van der Waals surface area contributed by atoms with E-state index in [-0.39, 0.29) is 0 Å².